The van der Waals surface area contributed by atoms with Crippen LogP contribution in [0.3, 0.4) is 0 Å². The molecule has 0 spiro atoms. The molecule has 1 aliphatic rings. The normalized spacial score (nSPS) is 14.6. The van der Waals surface area contributed by atoms with E-state index in [4.69, 9.17) is 14.2 Å². The van der Waals surface area contributed by atoms with E-state index in [2.05, 4.69) is 10.6 Å². The molecule has 1 aromatic carbocycles. The van der Waals surface area contributed by atoms with Gasteiger partial charge in [-0.15, -0.1) is 0 Å². The predicted molar refractivity (Wildman–Crippen MR) is 93.9 cm³/mol. The average molecular weight is 336 g/mol. The topological polar surface area (TPSA) is 68.8 Å². The summed E-state index contributed by atoms with van der Waals surface area (Å²) in [6.45, 7) is 1.81. The molecule has 0 aliphatic heterocycles. The zero-order valence-corrected chi connectivity index (χ0v) is 14.6. The van der Waals surface area contributed by atoms with E-state index in [1.54, 1.807) is 20.3 Å². The largest absolute Gasteiger partial charge is 0.493 e. The summed E-state index contributed by atoms with van der Waals surface area (Å²) in [7, 11) is 3.17. The van der Waals surface area contributed by atoms with E-state index in [1.165, 1.54) is 25.7 Å². The number of rotatable bonds is 10. The van der Waals surface area contributed by atoms with E-state index in [-0.39, 0.29) is 5.91 Å². The Morgan fingerprint density at radius 1 is 1.17 bits per heavy atom. The first-order valence-corrected chi connectivity index (χ1v) is 8.56. The standard InChI is InChI=1S/C18H28N2O4/c1-22-11-9-18(21)20-15-7-8-16(17(13-15)23-2)24-12-10-19-14-5-3-4-6-14/h7-8,13-14,19H,3-6,9-12H2,1-2H3,(H,20,21). The average Bonchev–Trinajstić information content (AvgIpc) is 3.11. The van der Waals surface area contributed by atoms with Crippen molar-refractivity contribution in [2.24, 2.45) is 0 Å². The Morgan fingerprint density at radius 3 is 2.67 bits per heavy atom. The van der Waals surface area contributed by atoms with Crippen molar-refractivity contribution < 1.29 is 19.0 Å². The number of amides is 1. The van der Waals surface area contributed by atoms with Crippen LogP contribution in [0.15, 0.2) is 18.2 Å². The van der Waals surface area contributed by atoms with Crippen molar-refractivity contribution in [3.8, 4) is 11.5 Å². The van der Waals surface area contributed by atoms with Crippen molar-refractivity contribution in [2.45, 2.75) is 38.1 Å². The van der Waals surface area contributed by atoms with E-state index in [0.29, 0.717) is 42.9 Å². The highest BCUT2D eigenvalue weighted by Crippen LogP contribution is 2.30. The summed E-state index contributed by atoms with van der Waals surface area (Å²) in [6.07, 6.45) is 5.50. The Balaban J connectivity index is 1.80. The number of carbonyl (C=O) groups is 1. The highest BCUT2D eigenvalue weighted by molar-refractivity contribution is 5.91. The molecule has 6 heteroatoms. The maximum absolute atomic E-state index is 11.7. The molecule has 1 aromatic rings. The second-order valence-corrected chi connectivity index (χ2v) is 5.94. The van der Waals surface area contributed by atoms with E-state index < -0.39 is 0 Å². The molecule has 1 amide bonds. The fraction of sp³-hybridized carbons (Fsp3) is 0.611. The quantitative estimate of drug-likeness (QED) is 0.643. The highest BCUT2D eigenvalue weighted by Gasteiger charge is 2.14. The second kappa shape index (κ2) is 10.2. The zero-order chi connectivity index (χ0) is 17.2. The van der Waals surface area contributed by atoms with Gasteiger partial charge in [0.2, 0.25) is 5.91 Å². The highest BCUT2D eigenvalue weighted by atomic mass is 16.5. The van der Waals surface area contributed by atoms with Gasteiger partial charge in [0.25, 0.3) is 0 Å². The van der Waals surface area contributed by atoms with Crippen molar-refractivity contribution in [3.63, 3.8) is 0 Å². The fourth-order valence-corrected chi connectivity index (χ4v) is 2.84. The van der Waals surface area contributed by atoms with Crippen molar-refractivity contribution in [1.29, 1.82) is 0 Å². The molecule has 1 saturated carbocycles. The Kier molecular flexibility index (Phi) is 7.85. The molecule has 134 valence electrons. The smallest absolute Gasteiger partial charge is 0.226 e. The molecule has 0 unspecified atom stereocenters. The number of nitrogens with one attached hydrogen (secondary N) is 2. The summed E-state index contributed by atoms with van der Waals surface area (Å²) in [6, 6.07) is 6.04. The van der Waals surface area contributed by atoms with Gasteiger partial charge in [-0.2, -0.15) is 0 Å². The minimum Gasteiger partial charge on any atom is -0.493 e. The van der Waals surface area contributed by atoms with Gasteiger partial charge in [-0.05, 0) is 25.0 Å². The van der Waals surface area contributed by atoms with Gasteiger partial charge >= 0.3 is 0 Å². The number of anilines is 1. The molecule has 6 nitrogen and oxygen atoms in total. The molecule has 2 N–H and O–H groups in total. The lowest BCUT2D eigenvalue weighted by molar-refractivity contribution is -0.117. The van der Waals surface area contributed by atoms with E-state index in [0.717, 1.165) is 6.54 Å². The Hall–Kier alpha value is -1.79. The Labute approximate surface area is 143 Å². The molecule has 2 rings (SSSR count). The molecule has 0 radical (unpaired) electrons. The van der Waals surface area contributed by atoms with Crippen molar-refractivity contribution in [3.05, 3.63) is 18.2 Å². The molecule has 1 fully saturated rings. The minimum atomic E-state index is -0.0895. The summed E-state index contributed by atoms with van der Waals surface area (Å²) in [5, 5.41) is 6.33. The summed E-state index contributed by atoms with van der Waals surface area (Å²) in [4.78, 5) is 11.7. The fourth-order valence-electron chi connectivity index (χ4n) is 2.84. The van der Waals surface area contributed by atoms with Gasteiger partial charge in [0.1, 0.15) is 6.61 Å². The number of hydrogen-bond acceptors (Lipinski definition) is 5. The summed E-state index contributed by atoms with van der Waals surface area (Å²) >= 11 is 0. The first-order valence-electron chi connectivity index (χ1n) is 8.56. The molecule has 0 atom stereocenters. The van der Waals surface area contributed by atoms with Crippen LogP contribution in [0.25, 0.3) is 0 Å². The van der Waals surface area contributed by atoms with Crippen LogP contribution in [0.5, 0.6) is 11.5 Å². The molecular formula is C18H28N2O4. The van der Waals surface area contributed by atoms with Gasteiger partial charge < -0.3 is 24.8 Å². The third-order valence-corrected chi connectivity index (χ3v) is 4.13. The number of methoxy groups -OCH3 is 2. The first kappa shape index (κ1) is 18.5. The second-order valence-electron chi connectivity index (χ2n) is 5.94. The van der Waals surface area contributed by atoms with Crippen molar-refractivity contribution in [2.75, 3.05) is 39.3 Å². The molecule has 0 heterocycles. The SMILES string of the molecule is COCCC(=O)Nc1ccc(OCCNC2CCCC2)c(OC)c1. The maximum Gasteiger partial charge on any atom is 0.226 e. The minimum absolute atomic E-state index is 0.0895. The van der Waals surface area contributed by atoms with Crippen LogP contribution in [0, 0.1) is 0 Å². The molecule has 0 bridgehead atoms. The van der Waals surface area contributed by atoms with Crippen LogP contribution in [-0.4, -0.2) is 45.9 Å². The summed E-state index contributed by atoms with van der Waals surface area (Å²) in [5.74, 6) is 1.20. The first-order chi connectivity index (χ1) is 11.7. The van der Waals surface area contributed by atoms with Crippen LogP contribution in [-0.2, 0) is 9.53 Å². The molecule has 24 heavy (non-hydrogen) atoms. The van der Waals surface area contributed by atoms with Crippen LogP contribution in [0.4, 0.5) is 5.69 Å². The number of ether oxygens (including phenoxy) is 3. The zero-order valence-electron chi connectivity index (χ0n) is 14.6. The number of benzene rings is 1. The predicted octanol–water partition coefficient (Wildman–Crippen LogP) is 2.58. The monoisotopic (exact) mass is 336 g/mol. The third-order valence-electron chi connectivity index (χ3n) is 4.13. The lowest BCUT2D eigenvalue weighted by atomic mass is 10.2. The molecule has 0 aromatic heterocycles. The van der Waals surface area contributed by atoms with Crippen molar-refractivity contribution >= 4 is 11.6 Å². The number of carbonyl (C=O) groups excluding carboxylic acids is 1. The van der Waals surface area contributed by atoms with Gasteiger partial charge in [-0.3, -0.25) is 4.79 Å². The third kappa shape index (κ3) is 6.02. The van der Waals surface area contributed by atoms with Crippen LogP contribution < -0.4 is 20.1 Å². The van der Waals surface area contributed by atoms with Gasteiger partial charge in [0.05, 0.1) is 20.1 Å². The van der Waals surface area contributed by atoms with E-state index >= 15 is 0 Å². The van der Waals surface area contributed by atoms with Crippen LogP contribution >= 0.6 is 0 Å². The van der Waals surface area contributed by atoms with Gasteiger partial charge in [-0.1, -0.05) is 12.8 Å². The van der Waals surface area contributed by atoms with Gasteiger partial charge in [0.15, 0.2) is 11.5 Å². The van der Waals surface area contributed by atoms with Gasteiger partial charge in [-0.25, -0.2) is 0 Å². The summed E-state index contributed by atoms with van der Waals surface area (Å²) < 4.78 is 16.0. The molecule has 0 saturated heterocycles. The summed E-state index contributed by atoms with van der Waals surface area (Å²) in [5.41, 5.74) is 0.685. The number of hydrogen-bond donors (Lipinski definition) is 2. The van der Waals surface area contributed by atoms with Gasteiger partial charge in [0, 0.05) is 31.5 Å². The van der Waals surface area contributed by atoms with Crippen molar-refractivity contribution in [1.82, 2.24) is 5.32 Å². The Bertz CT molecular complexity index is 516. The maximum atomic E-state index is 11.7. The lowest BCUT2D eigenvalue weighted by Crippen LogP contribution is -2.30. The van der Waals surface area contributed by atoms with E-state index in [9.17, 15) is 4.79 Å². The molecular weight excluding hydrogens is 308 g/mol. The molecule has 1 aliphatic carbocycles. The van der Waals surface area contributed by atoms with Crippen LogP contribution in [0.2, 0.25) is 0 Å². The Morgan fingerprint density at radius 2 is 1.96 bits per heavy atom. The lowest BCUT2D eigenvalue weighted by Gasteiger charge is -2.15. The van der Waals surface area contributed by atoms with Crippen LogP contribution in [0.1, 0.15) is 32.1 Å². The van der Waals surface area contributed by atoms with E-state index in [1.807, 2.05) is 12.1 Å².